The molecule has 0 saturated heterocycles. The van der Waals surface area contributed by atoms with Crippen LogP contribution in [-0.4, -0.2) is 11.8 Å². The smallest absolute Gasteiger partial charge is 0.174 e. The van der Waals surface area contributed by atoms with Gasteiger partial charge < -0.3 is 14.1 Å². The summed E-state index contributed by atoms with van der Waals surface area (Å²) in [5.41, 5.74) is 6.15. The molecule has 1 aliphatic carbocycles. The molecule has 1 atom stereocenters. The summed E-state index contributed by atoms with van der Waals surface area (Å²) in [5.74, 6) is 1.85. The van der Waals surface area contributed by atoms with Gasteiger partial charge in [-0.2, -0.15) is 0 Å². The molecule has 0 saturated carbocycles. The summed E-state index contributed by atoms with van der Waals surface area (Å²) in [6.45, 7) is 2.66. The number of fused-ring (bicyclic) bond motifs is 5. The Kier molecular flexibility index (Phi) is 3.84. The van der Waals surface area contributed by atoms with Crippen LogP contribution >= 0.6 is 11.8 Å². The number of nitrogens with zero attached hydrogens (tertiary/aromatic N) is 2. The lowest BCUT2D eigenvalue weighted by Gasteiger charge is -2.37. The molecule has 1 unspecified atom stereocenters. The first-order chi connectivity index (χ1) is 14.3. The Bertz CT molecular complexity index is 1160. The van der Waals surface area contributed by atoms with E-state index in [1.54, 1.807) is 18.0 Å². The number of hydrogen-bond acceptors (Lipinski definition) is 5. The van der Waals surface area contributed by atoms with Crippen LogP contribution in [0, 0.1) is 0 Å². The van der Waals surface area contributed by atoms with Crippen LogP contribution in [0.2, 0.25) is 0 Å². The van der Waals surface area contributed by atoms with Gasteiger partial charge in [0.15, 0.2) is 5.17 Å². The molecule has 0 amide bonds. The van der Waals surface area contributed by atoms with Crippen molar-refractivity contribution in [3.8, 4) is 5.75 Å². The molecule has 0 spiro atoms. The Morgan fingerprint density at radius 2 is 2.03 bits per heavy atom. The summed E-state index contributed by atoms with van der Waals surface area (Å²) in [4.78, 5) is 8.67. The molecule has 2 aromatic carbocycles. The molecular formula is C24H20N2O2S. The van der Waals surface area contributed by atoms with E-state index in [0.717, 1.165) is 40.9 Å². The first-order valence-electron chi connectivity index (χ1n) is 10.0. The number of rotatable bonds is 3. The van der Waals surface area contributed by atoms with Gasteiger partial charge in [0, 0.05) is 10.5 Å². The zero-order chi connectivity index (χ0) is 19.4. The Balaban J connectivity index is 1.59. The molecule has 5 heteroatoms. The molecule has 0 fully saturated rings. The van der Waals surface area contributed by atoms with Crippen molar-refractivity contribution in [1.29, 1.82) is 0 Å². The van der Waals surface area contributed by atoms with Crippen molar-refractivity contribution in [3.63, 3.8) is 0 Å². The number of ether oxygens (including phenoxy) is 1. The van der Waals surface area contributed by atoms with Gasteiger partial charge in [0.25, 0.3) is 0 Å². The van der Waals surface area contributed by atoms with Crippen molar-refractivity contribution in [1.82, 2.24) is 0 Å². The van der Waals surface area contributed by atoms with E-state index >= 15 is 0 Å². The minimum atomic E-state index is -0.00351. The van der Waals surface area contributed by atoms with Crippen LogP contribution in [0.5, 0.6) is 5.75 Å². The molecule has 0 N–H and O–H groups in total. The van der Waals surface area contributed by atoms with Crippen LogP contribution in [0.15, 0.2) is 80.7 Å². The molecule has 3 heterocycles. The predicted molar refractivity (Wildman–Crippen MR) is 117 cm³/mol. The molecule has 3 aliphatic rings. The zero-order valence-electron chi connectivity index (χ0n) is 16.1. The second-order valence-corrected chi connectivity index (χ2v) is 8.36. The number of aryl methyl sites for hydroxylation is 1. The fourth-order valence-electron chi connectivity index (χ4n) is 4.58. The van der Waals surface area contributed by atoms with Crippen molar-refractivity contribution in [2.24, 2.45) is 4.99 Å². The Morgan fingerprint density at radius 3 is 2.90 bits per heavy atom. The normalized spacial score (nSPS) is 19.3. The van der Waals surface area contributed by atoms with E-state index in [9.17, 15) is 0 Å². The quantitative estimate of drug-likeness (QED) is 0.536. The SMILES string of the molecule is CCOc1cccc2c1N1C(=NC3=C(CCc4ccccc43)C1c1ccco1)S2. The standard InChI is InChI=1S/C24H20N2O2S/c1-2-27-19-9-5-11-20-23(19)26-22(18-10-6-14-28-18)17-13-12-15-7-3-4-8-16(15)21(17)25-24(26)29-20/h3-11,14,22H,2,12-13H2,1H3. The molecule has 4 nitrogen and oxygen atoms in total. The van der Waals surface area contributed by atoms with E-state index in [-0.39, 0.29) is 6.04 Å². The number of thioether (sulfide) groups is 1. The third kappa shape index (κ3) is 2.50. The number of para-hydroxylation sites is 1. The second kappa shape index (κ2) is 6.56. The van der Waals surface area contributed by atoms with Crippen LogP contribution in [0.25, 0.3) is 5.70 Å². The number of amidine groups is 1. The average Bonchev–Trinajstić information content (AvgIpc) is 3.40. The van der Waals surface area contributed by atoms with E-state index < -0.39 is 0 Å². The summed E-state index contributed by atoms with van der Waals surface area (Å²) in [5, 5.41) is 0.990. The minimum absolute atomic E-state index is 0.00351. The summed E-state index contributed by atoms with van der Waals surface area (Å²) < 4.78 is 12.0. The number of anilines is 1. The van der Waals surface area contributed by atoms with Crippen LogP contribution in [0.3, 0.4) is 0 Å². The third-order valence-electron chi connectivity index (χ3n) is 5.76. The van der Waals surface area contributed by atoms with Gasteiger partial charge >= 0.3 is 0 Å². The van der Waals surface area contributed by atoms with Crippen molar-refractivity contribution in [2.45, 2.75) is 30.7 Å². The Hall–Kier alpha value is -2.92. The van der Waals surface area contributed by atoms with E-state index in [2.05, 4.69) is 47.4 Å². The molecule has 1 aromatic heterocycles. The van der Waals surface area contributed by atoms with Crippen molar-refractivity contribution >= 4 is 28.3 Å². The fraction of sp³-hybridized carbons (Fsp3) is 0.208. The highest BCUT2D eigenvalue weighted by molar-refractivity contribution is 8.14. The van der Waals surface area contributed by atoms with Crippen molar-refractivity contribution < 1.29 is 9.15 Å². The van der Waals surface area contributed by atoms with E-state index in [1.807, 2.05) is 19.1 Å². The summed E-state index contributed by atoms with van der Waals surface area (Å²) in [6, 6.07) is 18.9. The maximum atomic E-state index is 6.00. The molecule has 0 bridgehead atoms. The third-order valence-corrected chi connectivity index (χ3v) is 6.78. The summed E-state index contributed by atoms with van der Waals surface area (Å²) in [7, 11) is 0. The largest absolute Gasteiger partial charge is 0.492 e. The Morgan fingerprint density at radius 1 is 1.10 bits per heavy atom. The van der Waals surface area contributed by atoms with Crippen LogP contribution in [0.4, 0.5) is 5.69 Å². The van der Waals surface area contributed by atoms with Crippen molar-refractivity contribution in [3.05, 3.63) is 83.3 Å². The predicted octanol–water partition coefficient (Wildman–Crippen LogP) is 6.06. The molecule has 6 rings (SSSR count). The topological polar surface area (TPSA) is 38.0 Å². The first-order valence-corrected chi connectivity index (χ1v) is 10.8. The molecular weight excluding hydrogens is 380 g/mol. The molecule has 0 radical (unpaired) electrons. The van der Waals surface area contributed by atoms with E-state index in [1.165, 1.54) is 21.6 Å². The van der Waals surface area contributed by atoms with Crippen LogP contribution in [0.1, 0.15) is 36.3 Å². The highest BCUT2D eigenvalue weighted by atomic mass is 32.2. The summed E-state index contributed by atoms with van der Waals surface area (Å²) >= 11 is 1.71. The van der Waals surface area contributed by atoms with Gasteiger partial charge in [-0.1, -0.05) is 30.3 Å². The van der Waals surface area contributed by atoms with Crippen molar-refractivity contribution in [2.75, 3.05) is 11.5 Å². The first kappa shape index (κ1) is 17.0. The second-order valence-electron chi connectivity index (χ2n) is 7.35. The summed E-state index contributed by atoms with van der Waals surface area (Å²) in [6.07, 6.45) is 3.76. The molecule has 144 valence electrons. The maximum absolute atomic E-state index is 6.00. The fourth-order valence-corrected chi connectivity index (χ4v) is 5.65. The highest BCUT2D eigenvalue weighted by Gasteiger charge is 2.43. The monoisotopic (exact) mass is 400 g/mol. The highest BCUT2D eigenvalue weighted by Crippen LogP contribution is 2.55. The van der Waals surface area contributed by atoms with E-state index in [4.69, 9.17) is 14.1 Å². The maximum Gasteiger partial charge on any atom is 0.174 e. The molecule has 3 aromatic rings. The molecule has 2 aliphatic heterocycles. The zero-order valence-corrected chi connectivity index (χ0v) is 16.9. The van der Waals surface area contributed by atoms with Gasteiger partial charge in [-0.3, -0.25) is 0 Å². The van der Waals surface area contributed by atoms with Gasteiger partial charge in [-0.25, -0.2) is 4.99 Å². The van der Waals surface area contributed by atoms with E-state index in [0.29, 0.717) is 6.61 Å². The number of aliphatic imine (C=N–C) groups is 1. The van der Waals surface area contributed by atoms with Gasteiger partial charge in [0.05, 0.1) is 18.6 Å². The number of hydrogen-bond donors (Lipinski definition) is 0. The Labute approximate surface area is 173 Å². The van der Waals surface area contributed by atoms with Gasteiger partial charge in [-0.15, -0.1) is 0 Å². The number of benzene rings is 2. The van der Waals surface area contributed by atoms with Gasteiger partial charge in [0.1, 0.15) is 23.2 Å². The lowest BCUT2D eigenvalue weighted by molar-refractivity contribution is 0.339. The van der Waals surface area contributed by atoms with Gasteiger partial charge in [-0.05, 0) is 66.9 Å². The van der Waals surface area contributed by atoms with Gasteiger partial charge in [0.2, 0.25) is 0 Å². The number of furan rings is 1. The lowest BCUT2D eigenvalue weighted by Crippen LogP contribution is -2.35. The minimum Gasteiger partial charge on any atom is -0.492 e. The van der Waals surface area contributed by atoms with Crippen LogP contribution < -0.4 is 9.64 Å². The lowest BCUT2D eigenvalue weighted by atomic mass is 9.84. The van der Waals surface area contributed by atoms with Crippen LogP contribution in [-0.2, 0) is 6.42 Å². The average molecular weight is 401 g/mol. The molecule has 29 heavy (non-hydrogen) atoms.